The zero-order valence-corrected chi connectivity index (χ0v) is 26.0. The number of fused-ring (bicyclic) bond motifs is 1. The predicted octanol–water partition coefficient (Wildman–Crippen LogP) is 13.0. The lowest BCUT2D eigenvalue weighted by Gasteiger charge is -2.27. The maximum Gasteiger partial charge on any atom is 0.0467 e. The first-order valence-electron chi connectivity index (χ1n) is 16.1. The number of hydrogen-bond acceptors (Lipinski definition) is 1. The van der Waals surface area contributed by atoms with Gasteiger partial charge in [0.05, 0.1) is 0 Å². The average molecular weight is 600 g/mol. The highest BCUT2D eigenvalue weighted by Crippen LogP contribution is 2.40. The van der Waals surface area contributed by atoms with Gasteiger partial charge in [0.15, 0.2) is 0 Å². The summed E-state index contributed by atoms with van der Waals surface area (Å²) in [5.74, 6) is 0. The van der Waals surface area contributed by atoms with E-state index in [1.54, 1.807) is 0 Å². The second-order valence-electron chi connectivity index (χ2n) is 11.8. The van der Waals surface area contributed by atoms with Crippen molar-refractivity contribution in [2.45, 2.75) is 0 Å². The van der Waals surface area contributed by atoms with Crippen molar-refractivity contribution in [3.63, 3.8) is 0 Å². The number of rotatable bonds is 7. The molecule has 0 aliphatic carbocycles. The van der Waals surface area contributed by atoms with Crippen molar-refractivity contribution in [2.24, 2.45) is 0 Å². The summed E-state index contributed by atoms with van der Waals surface area (Å²) in [7, 11) is 0. The Morgan fingerprint density at radius 1 is 0.255 bits per heavy atom. The first kappa shape index (κ1) is 28.3. The van der Waals surface area contributed by atoms with E-state index in [-0.39, 0.29) is 0 Å². The quantitative estimate of drug-likeness (QED) is 0.176. The predicted molar refractivity (Wildman–Crippen MR) is 200 cm³/mol. The molecule has 1 heteroatoms. The molecule has 0 unspecified atom stereocenters. The van der Waals surface area contributed by atoms with E-state index in [1.807, 2.05) is 0 Å². The lowest BCUT2D eigenvalue weighted by atomic mass is 9.97. The minimum Gasteiger partial charge on any atom is -0.310 e. The highest BCUT2D eigenvalue weighted by molar-refractivity contribution is 5.97. The summed E-state index contributed by atoms with van der Waals surface area (Å²) in [6.45, 7) is 0. The van der Waals surface area contributed by atoms with Crippen LogP contribution >= 0.6 is 0 Å². The molecule has 0 amide bonds. The van der Waals surface area contributed by atoms with Gasteiger partial charge in [-0.2, -0.15) is 0 Å². The number of benzene rings is 8. The largest absolute Gasteiger partial charge is 0.310 e. The summed E-state index contributed by atoms with van der Waals surface area (Å²) in [6.07, 6.45) is 0. The van der Waals surface area contributed by atoms with Crippen LogP contribution in [-0.4, -0.2) is 0 Å². The van der Waals surface area contributed by atoms with Crippen LogP contribution in [-0.2, 0) is 0 Å². The van der Waals surface area contributed by atoms with Gasteiger partial charge in [0.2, 0.25) is 0 Å². The topological polar surface area (TPSA) is 3.24 Å². The van der Waals surface area contributed by atoms with Crippen molar-refractivity contribution in [2.75, 3.05) is 4.90 Å². The van der Waals surface area contributed by atoms with E-state index in [9.17, 15) is 0 Å². The SMILES string of the molecule is c1ccc(-c2ccc(N(c3cccc(-c4cccc(-c5ccccc5)c4)c3)c3cccc(-c4cccc5ccccc45)c3)cc2)cc1. The number of hydrogen-bond donors (Lipinski definition) is 0. The Balaban J connectivity index is 1.25. The summed E-state index contributed by atoms with van der Waals surface area (Å²) in [4.78, 5) is 2.37. The molecule has 0 aliphatic rings. The Hall–Kier alpha value is -6.18. The summed E-state index contributed by atoms with van der Waals surface area (Å²) in [5, 5.41) is 2.50. The molecule has 0 spiro atoms. The molecule has 0 saturated heterocycles. The molecule has 0 aromatic heterocycles. The molecule has 222 valence electrons. The van der Waals surface area contributed by atoms with Crippen molar-refractivity contribution >= 4 is 27.8 Å². The van der Waals surface area contributed by atoms with E-state index in [0.29, 0.717) is 0 Å². The summed E-state index contributed by atoms with van der Waals surface area (Å²) in [5.41, 5.74) is 13.0. The molecule has 8 aromatic rings. The molecule has 47 heavy (non-hydrogen) atoms. The van der Waals surface area contributed by atoms with Gasteiger partial charge >= 0.3 is 0 Å². The maximum atomic E-state index is 2.37. The van der Waals surface area contributed by atoms with Gasteiger partial charge in [-0.05, 0) is 97.7 Å². The molecule has 0 atom stereocenters. The lowest BCUT2D eigenvalue weighted by Crippen LogP contribution is -2.10. The molecule has 8 rings (SSSR count). The Kier molecular flexibility index (Phi) is 7.63. The van der Waals surface area contributed by atoms with Gasteiger partial charge in [-0.25, -0.2) is 0 Å². The monoisotopic (exact) mass is 599 g/mol. The van der Waals surface area contributed by atoms with Crippen LogP contribution < -0.4 is 4.90 Å². The van der Waals surface area contributed by atoms with Crippen LogP contribution in [0.4, 0.5) is 17.1 Å². The first-order chi connectivity index (χ1) is 23.3. The van der Waals surface area contributed by atoms with Crippen LogP contribution in [0.2, 0.25) is 0 Å². The highest BCUT2D eigenvalue weighted by atomic mass is 15.1. The van der Waals surface area contributed by atoms with Gasteiger partial charge in [-0.3, -0.25) is 0 Å². The normalized spacial score (nSPS) is 11.0. The molecule has 0 bridgehead atoms. The van der Waals surface area contributed by atoms with Crippen LogP contribution in [0.5, 0.6) is 0 Å². The van der Waals surface area contributed by atoms with Crippen LogP contribution in [0.3, 0.4) is 0 Å². The van der Waals surface area contributed by atoms with Gasteiger partial charge in [-0.1, -0.05) is 158 Å². The van der Waals surface area contributed by atoms with Gasteiger partial charge in [0, 0.05) is 17.1 Å². The Labute approximate surface area is 276 Å². The molecule has 0 heterocycles. The van der Waals surface area contributed by atoms with E-state index < -0.39 is 0 Å². The molecule has 0 saturated carbocycles. The van der Waals surface area contributed by atoms with Crippen LogP contribution in [0.1, 0.15) is 0 Å². The highest BCUT2D eigenvalue weighted by Gasteiger charge is 2.16. The zero-order valence-electron chi connectivity index (χ0n) is 26.0. The molecule has 1 nitrogen and oxygen atoms in total. The third-order valence-corrected chi connectivity index (χ3v) is 8.84. The standard InChI is InChI=1S/C46H33N/c1-3-13-34(14-4-1)36-27-29-42(30-28-36)47(44-24-11-22-41(33-44)46-26-12-18-37-17-7-8-25-45(37)46)43-23-10-21-40(32-43)39-20-9-19-38(31-39)35-15-5-2-6-16-35/h1-33H. The number of nitrogens with zero attached hydrogens (tertiary/aromatic N) is 1. The van der Waals surface area contributed by atoms with E-state index in [0.717, 1.165) is 17.1 Å². The van der Waals surface area contributed by atoms with Gasteiger partial charge < -0.3 is 4.90 Å². The second kappa shape index (κ2) is 12.7. The van der Waals surface area contributed by atoms with Crippen LogP contribution in [0.15, 0.2) is 200 Å². The van der Waals surface area contributed by atoms with E-state index >= 15 is 0 Å². The van der Waals surface area contributed by atoms with Gasteiger partial charge in [-0.15, -0.1) is 0 Å². The van der Waals surface area contributed by atoms with Crippen molar-refractivity contribution in [3.8, 4) is 44.5 Å². The summed E-state index contributed by atoms with van der Waals surface area (Å²) >= 11 is 0. The molecule has 0 N–H and O–H groups in total. The van der Waals surface area contributed by atoms with Crippen molar-refractivity contribution in [1.82, 2.24) is 0 Å². The molecular weight excluding hydrogens is 567 g/mol. The van der Waals surface area contributed by atoms with Crippen LogP contribution in [0, 0.1) is 0 Å². The Bertz CT molecular complexity index is 2280. The Morgan fingerprint density at radius 3 is 1.40 bits per heavy atom. The van der Waals surface area contributed by atoms with Crippen molar-refractivity contribution in [3.05, 3.63) is 200 Å². The molecule has 0 aliphatic heterocycles. The molecule has 0 radical (unpaired) electrons. The fourth-order valence-electron chi connectivity index (χ4n) is 6.50. The fraction of sp³-hybridized carbons (Fsp3) is 0. The minimum absolute atomic E-state index is 1.11. The second-order valence-corrected chi connectivity index (χ2v) is 11.8. The third-order valence-electron chi connectivity index (χ3n) is 8.84. The van der Waals surface area contributed by atoms with E-state index in [2.05, 4.69) is 205 Å². The van der Waals surface area contributed by atoms with Crippen molar-refractivity contribution in [1.29, 1.82) is 0 Å². The molecular formula is C46H33N. The van der Waals surface area contributed by atoms with Crippen molar-refractivity contribution < 1.29 is 0 Å². The fourth-order valence-corrected chi connectivity index (χ4v) is 6.50. The smallest absolute Gasteiger partial charge is 0.0467 e. The van der Waals surface area contributed by atoms with Gasteiger partial charge in [0.1, 0.15) is 0 Å². The van der Waals surface area contributed by atoms with Crippen LogP contribution in [0.25, 0.3) is 55.3 Å². The third kappa shape index (κ3) is 5.83. The Morgan fingerprint density at radius 2 is 0.702 bits per heavy atom. The molecule has 8 aromatic carbocycles. The summed E-state index contributed by atoms with van der Waals surface area (Å²) in [6, 6.07) is 71.8. The zero-order chi connectivity index (χ0) is 31.4. The molecule has 0 fully saturated rings. The van der Waals surface area contributed by atoms with E-state index in [4.69, 9.17) is 0 Å². The van der Waals surface area contributed by atoms with E-state index in [1.165, 1.54) is 55.3 Å². The number of anilines is 3. The summed E-state index contributed by atoms with van der Waals surface area (Å²) < 4.78 is 0. The minimum atomic E-state index is 1.11. The lowest BCUT2D eigenvalue weighted by molar-refractivity contribution is 1.28. The maximum absolute atomic E-state index is 2.37. The average Bonchev–Trinajstić information content (AvgIpc) is 3.16. The first-order valence-corrected chi connectivity index (χ1v) is 16.1. The van der Waals surface area contributed by atoms with Gasteiger partial charge in [0.25, 0.3) is 0 Å².